The van der Waals surface area contributed by atoms with Crippen molar-refractivity contribution in [3.05, 3.63) is 55.1 Å². The number of hydrogen-bond donors (Lipinski definition) is 1. The maximum absolute atomic E-state index is 11.4. The SMILES string of the molecule is O=C(O)C(Cc1sccc1Br)c1cccc(Br)c1. The third-order valence-corrected chi connectivity index (χ3v) is 5.07. The summed E-state index contributed by atoms with van der Waals surface area (Å²) < 4.78 is 1.88. The molecule has 0 bridgehead atoms. The number of carbonyl (C=O) groups is 1. The Kier molecular flexibility index (Phi) is 4.59. The minimum Gasteiger partial charge on any atom is -0.481 e. The van der Waals surface area contributed by atoms with Gasteiger partial charge in [0.25, 0.3) is 0 Å². The average Bonchev–Trinajstić information content (AvgIpc) is 2.71. The standard InChI is InChI=1S/C13H10Br2O2S/c14-9-3-1-2-8(6-9)10(13(16)17)7-12-11(15)4-5-18-12/h1-6,10H,7H2,(H,16,17). The summed E-state index contributed by atoms with van der Waals surface area (Å²) >= 11 is 8.38. The Morgan fingerprint density at radius 1 is 1.33 bits per heavy atom. The van der Waals surface area contributed by atoms with Crippen LogP contribution in [-0.2, 0) is 11.2 Å². The van der Waals surface area contributed by atoms with Gasteiger partial charge < -0.3 is 5.11 Å². The van der Waals surface area contributed by atoms with E-state index in [9.17, 15) is 9.90 Å². The fourth-order valence-electron chi connectivity index (χ4n) is 1.73. The molecular weight excluding hydrogens is 380 g/mol. The zero-order valence-corrected chi connectivity index (χ0v) is 13.3. The molecule has 1 N–H and O–H groups in total. The molecule has 18 heavy (non-hydrogen) atoms. The molecule has 0 saturated carbocycles. The molecule has 1 aromatic carbocycles. The van der Waals surface area contributed by atoms with Crippen LogP contribution in [0, 0.1) is 0 Å². The van der Waals surface area contributed by atoms with E-state index in [1.807, 2.05) is 35.7 Å². The molecule has 94 valence electrons. The van der Waals surface area contributed by atoms with Gasteiger partial charge in [-0.2, -0.15) is 0 Å². The summed E-state index contributed by atoms with van der Waals surface area (Å²) in [6.07, 6.45) is 0.504. The van der Waals surface area contributed by atoms with Crippen LogP contribution in [0.1, 0.15) is 16.4 Å². The predicted octanol–water partition coefficient (Wildman–Crippen LogP) is 4.68. The quantitative estimate of drug-likeness (QED) is 0.823. The highest BCUT2D eigenvalue weighted by atomic mass is 79.9. The first-order valence-electron chi connectivity index (χ1n) is 5.28. The van der Waals surface area contributed by atoms with Crippen molar-refractivity contribution in [1.29, 1.82) is 0 Å². The van der Waals surface area contributed by atoms with E-state index in [0.29, 0.717) is 6.42 Å². The van der Waals surface area contributed by atoms with E-state index in [1.54, 1.807) is 11.3 Å². The molecule has 0 aliphatic carbocycles. The molecule has 0 aliphatic rings. The van der Waals surface area contributed by atoms with Gasteiger partial charge in [-0.25, -0.2) is 0 Å². The van der Waals surface area contributed by atoms with Gasteiger partial charge in [0.15, 0.2) is 0 Å². The second kappa shape index (κ2) is 5.99. The number of hydrogen-bond acceptors (Lipinski definition) is 2. The minimum atomic E-state index is -0.798. The Labute approximate surface area is 126 Å². The molecule has 0 spiro atoms. The molecule has 0 saturated heterocycles. The third-order valence-electron chi connectivity index (χ3n) is 2.63. The predicted molar refractivity (Wildman–Crippen MR) is 80.2 cm³/mol. The molecule has 5 heteroatoms. The number of benzene rings is 1. The number of thiophene rings is 1. The highest BCUT2D eigenvalue weighted by molar-refractivity contribution is 9.10. The van der Waals surface area contributed by atoms with E-state index < -0.39 is 11.9 Å². The van der Waals surface area contributed by atoms with Crippen LogP contribution in [0.15, 0.2) is 44.7 Å². The largest absolute Gasteiger partial charge is 0.481 e. The van der Waals surface area contributed by atoms with Crippen molar-refractivity contribution in [1.82, 2.24) is 0 Å². The van der Waals surface area contributed by atoms with Crippen molar-refractivity contribution < 1.29 is 9.90 Å². The van der Waals surface area contributed by atoms with Crippen LogP contribution in [0.4, 0.5) is 0 Å². The van der Waals surface area contributed by atoms with Gasteiger partial charge in [-0.15, -0.1) is 11.3 Å². The van der Waals surface area contributed by atoms with E-state index >= 15 is 0 Å². The Morgan fingerprint density at radius 2 is 2.11 bits per heavy atom. The molecule has 0 amide bonds. The summed E-state index contributed by atoms with van der Waals surface area (Å²) in [7, 11) is 0. The summed E-state index contributed by atoms with van der Waals surface area (Å²) in [5.41, 5.74) is 0.817. The second-order valence-electron chi connectivity index (χ2n) is 3.84. The van der Waals surface area contributed by atoms with Gasteiger partial charge in [0.1, 0.15) is 0 Å². The van der Waals surface area contributed by atoms with Crippen LogP contribution >= 0.6 is 43.2 Å². The lowest BCUT2D eigenvalue weighted by Crippen LogP contribution is -2.14. The normalized spacial score (nSPS) is 12.3. The Bertz CT molecular complexity index is 566. The van der Waals surface area contributed by atoms with Gasteiger partial charge in [-0.3, -0.25) is 4.79 Å². The summed E-state index contributed by atoms with van der Waals surface area (Å²) in [6, 6.07) is 9.41. The van der Waals surface area contributed by atoms with Crippen LogP contribution in [0.25, 0.3) is 0 Å². The molecule has 2 rings (SSSR count). The topological polar surface area (TPSA) is 37.3 Å². The lowest BCUT2D eigenvalue weighted by molar-refractivity contribution is -0.138. The maximum atomic E-state index is 11.4. The van der Waals surface area contributed by atoms with E-state index in [-0.39, 0.29) is 0 Å². The van der Waals surface area contributed by atoms with Crippen molar-refractivity contribution in [3.63, 3.8) is 0 Å². The maximum Gasteiger partial charge on any atom is 0.311 e. The lowest BCUT2D eigenvalue weighted by Gasteiger charge is -2.12. The number of rotatable bonds is 4. The number of carboxylic acid groups (broad SMARTS) is 1. The first-order chi connectivity index (χ1) is 8.58. The fraction of sp³-hybridized carbons (Fsp3) is 0.154. The smallest absolute Gasteiger partial charge is 0.311 e. The zero-order valence-electron chi connectivity index (χ0n) is 9.27. The average molecular weight is 390 g/mol. The summed E-state index contributed by atoms with van der Waals surface area (Å²) in [5, 5.41) is 11.3. The van der Waals surface area contributed by atoms with E-state index in [4.69, 9.17) is 0 Å². The van der Waals surface area contributed by atoms with E-state index in [0.717, 1.165) is 19.4 Å². The third kappa shape index (κ3) is 3.22. The van der Waals surface area contributed by atoms with Crippen LogP contribution in [-0.4, -0.2) is 11.1 Å². The van der Waals surface area contributed by atoms with Crippen molar-refractivity contribution in [2.24, 2.45) is 0 Å². The van der Waals surface area contributed by atoms with Gasteiger partial charge in [-0.05, 0) is 45.1 Å². The van der Waals surface area contributed by atoms with Gasteiger partial charge >= 0.3 is 5.97 Å². The van der Waals surface area contributed by atoms with Gasteiger partial charge in [0, 0.05) is 20.2 Å². The molecule has 0 radical (unpaired) electrons. The summed E-state index contributed by atoms with van der Waals surface area (Å²) in [6.45, 7) is 0. The molecule has 0 fully saturated rings. The minimum absolute atomic E-state index is 0.504. The van der Waals surface area contributed by atoms with Crippen LogP contribution in [0.2, 0.25) is 0 Å². The van der Waals surface area contributed by atoms with Crippen molar-refractivity contribution in [2.75, 3.05) is 0 Å². The first kappa shape index (κ1) is 13.8. The molecule has 1 aromatic heterocycles. The Balaban J connectivity index is 2.30. The number of carboxylic acids is 1. The van der Waals surface area contributed by atoms with Crippen molar-refractivity contribution in [3.8, 4) is 0 Å². The van der Waals surface area contributed by atoms with Crippen LogP contribution < -0.4 is 0 Å². The highest BCUT2D eigenvalue weighted by Gasteiger charge is 2.22. The molecule has 2 aromatic rings. The fourth-order valence-corrected chi connectivity index (χ4v) is 3.71. The van der Waals surface area contributed by atoms with Crippen molar-refractivity contribution >= 4 is 49.2 Å². The molecular formula is C13H10Br2O2S. The van der Waals surface area contributed by atoms with E-state index in [2.05, 4.69) is 31.9 Å². The van der Waals surface area contributed by atoms with Gasteiger partial charge in [0.05, 0.1) is 5.92 Å². The molecule has 2 nitrogen and oxygen atoms in total. The first-order valence-corrected chi connectivity index (χ1v) is 7.74. The zero-order chi connectivity index (χ0) is 13.1. The monoisotopic (exact) mass is 388 g/mol. The molecule has 1 unspecified atom stereocenters. The van der Waals surface area contributed by atoms with Gasteiger partial charge in [-0.1, -0.05) is 28.1 Å². The molecule has 1 atom stereocenters. The highest BCUT2D eigenvalue weighted by Crippen LogP contribution is 2.30. The lowest BCUT2D eigenvalue weighted by atomic mass is 9.95. The van der Waals surface area contributed by atoms with Crippen LogP contribution in [0.3, 0.4) is 0 Å². The number of aliphatic carboxylic acids is 1. The second-order valence-corrected chi connectivity index (χ2v) is 6.61. The van der Waals surface area contributed by atoms with Gasteiger partial charge in [0.2, 0.25) is 0 Å². The summed E-state index contributed by atoms with van der Waals surface area (Å²) in [4.78, 5) is 12.5. The number of halogens is 2. The molecule has 0 aliphatic heterocycles. The summed E-state index contributed by atoms with van der Waals surface area (Å²) in [5.74, 6) is -1.31. The van der Waals surface area contributed by atoms with Crippen LogP contribution in [0.5, 0.6) is 0 Å². The Morgan fingerprint density at radius 3 is 2.67 bits per heavy atom. The Hall–Kier alpha value is -0.650. The van der Waals surface area contributed by atoms with Crippen molar-refractivity contribution in [2.45, 2.75) is 12.3 Å². The molecule has 1 heterocycles. The van der Waals surface area contributed by atoms with E-state index in [1.165, 1.54) is 0 Å².